The van der Waals surface area contributed by atoms with Crippen LogP contribution in [-0.4, -0.2) is 30.6 Å². The van der Waals surface area contributed by atoms with Crippen LogP contribution in [0.5, 0.6) is 0 Å². The topological polar surface area (TPSA) is 61.4 Å². The van der Waals surface area contributed by atoms with Gasteiger partial charge in [0.25, 0.3) is 5.91 Å². The van der Waals surface area contributed by atoms with Crippen molar-refractivity contribution < 1.29 is 9.59 Å². The summed E-state index contributed by atoms with van der Waals surface area (Å²) in [6, 6.07) is 7.76. The van der Waals surface area contributed by atoms with Crippen LogP contribution in [0.25, 0.3) is 0 Å². The molecule has 18 heavy (non-hydrogen) atoms. The van der Waals surface area contributed by atoms with E-state index in [4.69, 9.17) is 0 Å². The smallest absolute Gasteiger partial charge is 0.322 e. The molecular weight excluding hydrogens is 345 g/mol. The van der Waals surface area contributed by atoms with Crippen molar-refractivity contribution in [3.05, 3.63) is 27.8 Å². The Morgan fingerprint density at radius 2 is 1.94 bits per heavy atom. The number of benzene rings is 1. The first kappa shape index (κ1) is 11.8. The van der Waals surface area contributed by atoms with Crippen LogP contribution in [0, 0.1) is 3.57 Å². The van der Waals surface area contributed by atoms with Gasteiger partial charge in [-0.1, -0.05) is 0 Å². The van der Waals surface area contributed by atoms with Gasteiger partial charge < -0.3 is 10.2 Å². The quantitative estimate of drug-likeness (QED) is 0.584. The molecule has 2 aliphatic heterocycles. The summed E-state index contributed by atoms with van der Waals surface area (Å²) < 4.78 is 1.18. The number of carbonyl (C=O) groups excluding carboxylic acids is 2. The first-order chi connectivity index (χ1) is 8.59. The third-order valence-corrected chi connectivity index (χ3v) is 4.19. The fourth-order valence-electron chi connectivity index (χ4n) is 2.50. The molecular formula is C12H12IN3O2. The van der Waals surface area contributed by atoms with Crippen molar-refractivity contribution in [3.8, 4) is 0 Å². The lowest BCUT2D eigenvalue weighted by molar-refractivity contribution is -0.123. The second-order valence-corrected chi connectivity index (χ2v) is 5.88. The minimum absolute atomic E-state index is 0.208. The van der Waals surface area contributed by atoms with Crippen LogP contribution >= 0.6 is 22.6 Å². The van der Waals surface area contributed by atoms with Gasteiger partial charge in [0, 0.05) is 15.8 Å². The first-order valence-electron chi connectivity index (χ1n) is 5.73. The van der Waals surface area contributed by atoms with Crippen LogP contribution in [0.3, 0.4) is 0 Å². The Labute approximate surface area is 118 Å². The number of urea groups is 1. The average Bonchev–Trinajstić information content (AvgIpc) is 2.86. The van der Waals surface area contributed by atoms with Gasteiger partial charge in [0.2, 0.25) is 0 Å². The largest absolute Gasteiger partial charge is 0.369 e. The van der Waals surface area contributed by atoms with Crippen molar-refractivity contribution in [1.82, 2.24) is 10.6 Å². The normalized spacial score (nSPS) is 26.6. The fourth-order valence-corrected chi connectivity index (χ4v) is 2.86. The van der Waals surface area contributed by atoms with E-state index < -0.39 is 5.54 Å². The van der Waals surface area contributed by atoms with E-state index in [1.165, 1.54) is 3.57 Å². The molecule has 1 atom stereocenters. The number of imide groups is 1. The fraction of sp³-hybridized carbons (Fsp3) is 0.333. The second kappa shape index (κ2) is 4.11. The lowest BCUT2D eigenvalue weighted by atomic mass is 9.99. The molecule has 3 amide bonds. The number of hydrogen-bond acceptors (Lipinski definition) is 3. The molecule has 0 bridgehead atoms. The summed E-state index contributed by atoms with van der Waals surface area (Å²) in [7, 11) is 0. The molecule has 5 nitrogen and oxygen atoms in total. The number of nitrogens with one attached hydrogen (secondary N) is 2. The van der Waals surface area contributed by atoms with E-state index in [-0.39, 0.29) is 11.9 Å². The summed E-state index contributed by atoms with van der Waals surface area (Å²) in [5.41, 5.74) is 0.348. The van der Waals surface area contributed by atoms with Crippen LogP contribution < -0.4 is 15.5 Å². The van der Waals surface area contributed by atoms with E-state index in [9.17, 15) is 9.59 Å². The summed E-state index contributed by atoms with van der Waals surface area (Å²) in [5, 5.41) is 5.06. The van der Waals surface area contributed by atoms with E-state index in [2.05, 4.69) is 38.1 Å². The predicted octanol–water partition coefficient (Wildman–Crippen LogP) is 1.08. The van der Waals surface area contributed by atoms with Gasteiger partial charge in [0.15, 0.2) is 0 Å². The Hall–Kier alpha value is -1.31. The SMILES string of the molecule is O=C1NC(=O)C2(CCN(c3ccc(I)cc3)C2)N1. The summed E-state index contributed by atoms with van der Waals surface area (Å²) in [6.07, 6.45) is 0.649. The molecule has 1 aromatic rings. The van der Waals surface area contributed by atoms with E-state index in [1.807, 2.05) is 24.3 Å². The standard InChI is InChI=1S/C12H12IN3O2/c13-8-1-3-9(4-2-8)16-6-5-12(7-16)10(17)14-11(18)15-12/h1-4H,5-7H2,(H2,14,15,17,18). The molecule has 2 fully saturated rings. The maximum Gasteiger partial charge on any atom is 0.322 e. The maximum absolute atomic E-state index is 11.8. The number of anilines is 1. The van der Waals surface area contributed by atoms with Crippen LogP contribution in [0.1, 0.15) is 6.42 Å². The van der Waals surface area contributed by atoms with Crippen molar-refractivity contribution in [2.75, 3.05) is 18.0 Å². The average molecular weight is 357 g/mol. The van der Waals surface area contributed by atoms with Crippen molar-refractivity contribution in [2.24, 2.45) is 0 Å². The van der Waals surface area contributed by atoms with E-state index >= 15 is 0 Å². The Balaban J connectivity index is 1.81. The molecule has 2 heterocycles. The zero-order valence-electron chi connectivity index (χ0n) is 9.57. The highest BCUT2D eigenvalue weighted by molar-refractivity contribution is 14.1. The van der Waals surface area contributed by atoms with Gasteiger partial charge in [-0.2, -0.15) is 0 Å². The molecule has 2 N–H and O–H groups in total. The van der Waals surface area contributed by atoms with Crippen LogP contribution in [0.15, 0.2) is 24.3 Å². The molecule has 0 aliphatic carbocycles. The summed E-state index contributed by atoms with van der Waals surface area (Å²) in [6.45, 7) is 1.31. The Morgan fingerprint density at radius 1 is 1.22 bits per heavy atom. The molecule has 2 saturated heterocycles. The summed E-state index contributed by atoms with van der Waals surface area (Å²) in [5.74, 6) is -0.208. The first-order valence-corrected chi connectivity index (χ1v) is 6.81. The summed E-state index contributed by atoms with van der Waals surface area (Å²) in [4.78, 5) is 25.2. The molecule has 1 unspecified atom stereocenters. The lowest BCUT2D eigenvalue weighted by Gasteiger charge is -2.22. The molecule has 0 aromatic heterocycles. The zero-order valence-corrected chi connectivity index (χ0v) is 11.7. The second-order valence-electron chi connectivity index (χ2n) is 4.64. The molecule has 1 aromatic carbocycles. The van der Waals surface area contributed by atoms with E-state index in [0.717, 1.165) is 12.2 Å². The van der Waals surface area contributed by atoms with Gasteiger partial charge in [-0.25, -0.2) is 4.79 Å². The number of halogens is 1. The molecule has 0 saturated carbocycles. The monoisotopic (exact) mass is 357 g/mol. The Bertz CT molecular complexity index is 517. The van der Waals surface area contributed by atoms with Crippen LogP contribution in [0.4, 0.5) is 10.5 Å². The van der Waals surface area contributed by atoms with Gasteiger partial charge in [0.1, 0.15) is 5.54 Å². The van der Waals surface area contributed by atoms with Crippen LogP contribution in [0.2, 0.25) is 0 Å². The highest BCUT2D eigenvalue weighted by Crippen LogP contribution is 2.29. The number of rotatable bonds is 1. The third-order valence-electron chi connectivity index (χ3n) is 3.48. The van der Waals surface area contributed by atoms with Crippen molar-refractivity contribution in [3.63, 3.8) is 0 Å². The predicted molar refractivity (Wildman–Crippen MR) is 75.4 cm³/mol. The van der Waals surface area contributed by atoms with Gasteiger partial charge in [-0.15, -0.1) is 0 Å². The minimum Gasteiger partial charge on any atom is -0.369 e. The van der Waals surface area contributed by atoms with E-state index in [1.54, 1.807) is 0 Å². The van der Waals surface area contributed by atoms with Gasteiger partial charge in [-0.3, -0.25) is 10.1 Å². The molecule has 3 rings (SSSR count). The third kappa shape index (κ3) is 1.84. The number of hydrogen-bond donors (Lipinski definition) is 2. The van der Waals surface area contributed by atoms with Crippen molar-refractivity contribution in [2.45, 2.75) is 12.0 Å². The molecule has 6 heteroatoms. The van der Waals surface area contributed by atoms with E-state index in [0.29, 0.717) is 13.0 Å². The highest BCUT2D eigenvalue weighted by Gasteiger charge is 2.50. The van der Waals surface area contributed by atoms with Crippen molar-refractivity contribution >= 4 is 40.2 Å². The minimum atomic E-state index is -0.736. The number of amides is 3. The van der Waals surface area contributed by atoms with Gasteiger partial charge in [0.05, 0.1) is 6.54 Å². The zero-order chi connectivity index (χ0) is 12.8. The van der Waals surface area contributed by atoms with Crippen molar-refractivity contribution in [1.29, 1.82) is 0 Å². The molecule has 1 spiro atoms. The molecule has 0 radical (unpaired) electrons. The summed E-state index contributed by atoms with van der Waals surface area (Å²) >= 11 is 2.26. The maximum atomic E-state index is 11.8. The Kier molecular flexibility index (Phi) is 2.69. The van der Waals surface area contributed by atoms with Gasteiger partial charge in [-0.05, 0) is 53.3 Å². The van der Waals surface area contributed by atoms with Gasteiger partial charge >= 0.3 is 6.03 Å². The number of carbonyl (C=O) groups is 2. The molecule has 2 aliphatic rings. The number of nitrogens with zero attached hydrogens (tertiary/aromatic N) is 1. The van der Waals surface area contributed by atoms with Crippen LogP contribution in [-0.2, 0) is 4.79 Å². The highest BCUT2D eigenvalue weighted by atomic mass is 127. The Morgan fingerprint density at radius 3 is 2.56 bits per heavy atom. The lowest BCUT2D eigenvalue weighted by Crippen LogP contribution is -2.49. The molecule has 94 valence electrons.